The lowest BCUT2D eigenvalue weighted by Crippen LogP contribution is -2.48. The Balaban J connectivity index is 1.56. The number of aromatic nitrogens is 1. The van der Waals surface area contributed by atoms with Gasteiger partial charge in [-0.3, -0.25) is 9.59 Å². The van der Waals surface area contributed by atoms with Crippen LogP contribution in [0.2, 0.25) is 0 Å². The minimum atomic E-state index is -3.65. The fraction of sp³-hybridized carbons (Fsp3) is 0.429. The molecule has 1 aromatic carbocycles. The molecule has 8 heteroatoms. The van der Waals surface area contributed by atoms with E-state index in [9.17, 15) is 18.0 Å². The Morgan fingerprint density at radius 2 is 1.79 bits per heavy atom. The molecule has 2 aliphatic rings. The maximum absolute atomic E-state index is 13.2. The van der Waals surface area contributed by atoms with Gasteiger partial charge in [0.05, 0.1) is 4.90 Å². The molecule has 4 rings (SSSR count). The molecule has 2 aliphatic heterocycles. The first-order valence-electron chi connectivity index (χ1n) is 9.86. The molecule has 1 saturated heterocycles. The van der Waals surface area contributed by atoms with E-state index in [4.69, 9.17) is 0 Å². The zero-order valence-electron chi connectivity index (χ0n) is 16.5. The average molecular weight is 416 g/mol. The quantitative estimate of drug-likeness (QED) is 0.830. The van der Waals surface area contributed by atoms with Gasteiger partial charge in [-0.05, 0) is 42.7 Å². The highest BCUT2D eigenvalue weighted by Gasteiger charge is 2.39. The van der Waals surface area contributed by atoms with E-state index < -0.39 is 10.0 Å². The van der Waals surface area contributed by atoms with Gasteiger partial charge in [0.25, 0.3) is 5.56 Å². The van der Waals surface area contributed by atoms with Crippen LogP contribution in [0.25, 0.3) is 0 Å². The van der Waals surface area contributed by atoms with Crippen LogP contribution in [0, 0.1) is 11.8 Å². The number of benzene rings is 1. The SMILES string of the molecule is CC(C)C(=O)Nc1ccc(S(=O)(=O)N2C[C@H]3C[C@@H](C2)c2cccc(=O)n2C3)cc1. The lowest BCUT2D eigenvalue weighted by molar-refractivity contribution is -0.118. The van der Waals surface area contributed by atoms with E-state index in [1.807, 2.05) is 6.07 Å². The van der Waals surface area contributed by atoms with E-state index in [0.717, 1.165) is 12.1 Å². The molecule has 2 bridgehead atoms. The number of hydrogen-bond acceptors (Lipinski definition) is 4. The summed E-state index contributed by atoms with van der Waals surface area (Å²) in [4.78, 5) is 24.2. The van der Waals surface area contributed by atoms with Gasteiger partial charge in [0.15, 0.2) is 0 Å². The molecule has 0 aliphatic carbocycles. The molecule has 2 atom stereocenters. The van der Waals surface area contributed by atoms with Gasteiger partial charge in [-0.2, -0.15) is 4.31 Å². The summed E-state index contributed by atoms with van der Waals surface area (Å²) in [6.45, 7) is 4.93. The molecule has 1 fully saturated rings. The number of amides is 1. The van der Waals surface area contributed by atoms with Crippen molar-refractivity contribution >= 4 is 21.6 Å². The Bertz CT molecular complexity index is 1090. The zero-order valence-corrected chi connectivity index (χ0v) is 17.4. The summed E-state index contributed by atoms with van der Waals surface area (Å²) in [6.07, 6.45) is 0.898. The van der Waals surface area contributed by atoms with Gasteiger partial charge >= 0.3 is 0 Å². The molecule has 29 heavy (non-hydrogen) atoms. The minimum absolute atomic E-state index is 0.0208. The van der Waals surface area contributed by atoms with Crippen molar-refractivity contribution in [3.8, 4) is 0 Å². The number of carbonyl (C=O) groups is 1. The van der Waals surface area contributed by atoms with Crippen LogP contribution in [-0.2, 0) is 21.4 Å². The standard InChI is InChI=1S/C21H25N3O4S/c1-14(2)21(26)22-17-6-8-18(9-7-17)29(27,28)23-11-15-10-16(13-23)19-4-3-5-20(25)24(19)12-15/h3-9,14-16H,10-13H2,1-2H3,(H,22,26)/t15-,16+/m1/s1. The molecule has 1 aromatic heterocycles. The monoisotopic (exact) mass is 415 g/mol. The number of carbonyl (C=O) groups excluding carboxylic acids is 1. The fourth-order valence-corrected chi connectivity index (χ4v) is 5.76. The number of anilines is 1. The smallest absolute Gasteiger partial charge is 0.250 e. The second-order valence-corrected chi connectivity index (χ2v) is 10.1. The Morgan fingerprint density at radius 3 is 2.48 bits per heavy atom. The van der Waals surface area contributed by atoms with Crippen LogP contribution in [0.15, 0.2) is 52.2 Å². The molecule has 2 aromatic rings. The van der Waals surface area contributed by atoms with Gasteiger partial charge in [-0.1, -0.05) is 19.9 Å². The first-order chi connectivity index (χ1) is 13.8. The number of pyridine rings is 1. The Kier molecular flexibility index (Phi) is 5.08. The van der Waals surface area contributed by atoms with E-state index >= 15 is 0 Å². The van der Waals surface area contributed by atoms with Crippen molar-refractivity contribution in [1.82, 2.24) is 8.87 Å². The third kappa shape index (κ3) is 3.74. The number of fused-ring (bicyclic) bond motifs is 4. The van der Waals surface area contributed by atoms with Crippen molar-refractivity contribution in [3.63, 3.8) is 0 Å². The van der Waals surface area contributed by atoms with Crippen LogP contribution in [0.5, 0.6) is 0 Å². The van der Waals surface area contributed by atoms with Crippen molar-refractivity contribution in [3.05, 3.63) is 58.5 Å². The molecule has 1 N–H and O–H groups in total. The number of piperidine rings is 1. The summed E-state index contributed by atoms with van der Waals surface area (Å²) >= 11 is 0. The van der Waals surface area contributed by atoms with Crippen LogP contribution in [-0.4, -0.2) is 36.3 Å². The average Bonchev–Trinajstić information content (AvgIpc) is 2.69. The fourth-order valence-electron chi connectivity index (χ4n) is 4.19. The van der Waals surface area contributed by atoms with Crippen LogP contribution in [0.4, 0.5) is 5.69 Å². The van der Waals surface area contributed by atoms with Crippen LogP contribution < -0.4 is 10.9 Å². The topological polar surface area (TPSA) is 88.5 Å². The van der Waals surface area contributed by atoms with Gasteiger partial charge < -0.3 is 9.88 Å². The molecule has 0 saturated carbocycles. The summed E-state index contributed by atoms with van der Waals surface area (Å²) in [7, 11) is -3.65. The third-order valence-corrected chi connectivity index (χ3v) is 7.58. The highest BCUT2D eigenvalue weighted by Crippen LogP contribution is 2.37. The van der Waals surface area contributed by atoms with E-state index in [0.29, 0.717) is 25.3 Å². The molecule has 0 radical (unpaired) electrons. The highest BCUT2D eigenvalue weighted by molar-refractivity contribution is 7.89. The highest BCUT2D eigenvalue weighted by atomic mass is 32.2. The molecular weight excluding hydrogens is 390 g/mol. The minimum Gasteiger partial charge on any atom is -0.326 e. The predicted molar refractivity (Wildman–Crippen MR) is 110 cm³/mol. The Morgan fingerprint density at radius 1 is 1.07 bits per heavy atom. The molecule has 7 nitrogen and oxygen atoms in total. The number of rotatable bonds is 4. The lowest BCUT2D eigenvalue weighted by atomic mass is 9.84. The maximum atomic E-state index is 13.2. The summed E-state index contributed by atoms with van der Waals surface area (Å²) in [6, 6.07) is 11.5. The largest absolute Gasteiger partial charge is 0.326 e. The lowest BCUT2D eigenvalue weighted by Gasteiger charge is -2.42. The Hall–Kier alpha value is -2.45. The number of nitrogens with one attached hydrogen (secondary N) is 1. The molecule has 1 amide bonds. The number of hydrogen-bond donors (Lipinski definition) is 1. The zero-order chi connectivity index (χ0) is 20.8. The van der Waals surface area contributed by atoms with E-state index in [2.05, 4.69) is 5.32 Å². The number of nitrogens with zero attached hydrogens (tertiary/aromatic N) is 2. The first kappa shape index (κ1) is 19.8. The molecule has 3 heterocycles. The van der Waals surface area contributed by atoms with Crippen molar-refractivity contribution < 1.29 is 13.2 Å². The van der Waals surface area contributed by atoms with Crippen molar-refractivity contribution in [1.29, 1.82) is 0 Å². The maximum Gasteiger partial charge on any atom is 0.250 e. The van der Waals surface area contributed by atoms with Crippen LogP contribution in [0.1, 0.15) is 31.9 Å². The summed E-state index contributed by atoms with van der Waals surface area (Å²) in [5.74, 6) is -0.114. The van der Waals surface area contributed by atoms with Gasteiger partial charge in [-0.25, -0.2) is 8.42 Å². The summed E-state index contributed by atoms with van der Waals surface area (Å²) in [5, 5.41) is 2.77. The Labute approximate surface area is 170 Å². The molecule has 0 unspecified atom stereocenters. The first-order valence-corrected chi connectivity index (χ1v) is 11.3. The van der Waals surface area contributed by atoms with Gasteiger partial charge in [0.1, 0.15) is 0 Å². The summed E-state index contributed by atoms with van der Waals surface area (Å²) < 4.78 is 29.7. The predicted octanol–water partition coefficient (Wildman–Crippen LogP) is 2.25. The molecule has 154 valence electrons. The van der Waals surface area contributed by atoms with Gasteiger partial charge in [0.2, 0.25) is 15.9 Å². The van der Waals surface area contributed by atoms with E-state index in [1.54, 1.807) is 42.7 Å². The normalized spacial score (nSPS) is 21.6. The molecular formula is C21H25N3O4S. The van der Waals surface area contributed by atoms with E-state index in [1.165, 1.54) is 16.4 Å². The molecule has 0 spiro atoms. The summed E-state index contributed by atoms with van der Waals surface area (Å²) in [5.41, 5.74) is 1.47. The van der Waals surface area contributed by atoms with Crippen molar-refractivity contribution in [2.75, 3.05) is 18.4 Å². The second-order valence-electron chi connectivity index (χ2n) is 8.19. The number of sulfonamides is 1. The van der Waals surface area contributed by atoms with Crippen LogP contribution >= 0.6 is 0 Å². The van der Waals surface area contributed by atoms with Crippen molar-refractivity contribution in [2.45, 2.75) is 37.6 Å². The van der Waals surface area contributed by atoms with Crippen molar-refractivity contribution in [2.24, 2.45) is 11.8 Å². The van der Waals surface area contributed by atoms with Crippen LogP contribution in [0.3, 0.4) is 0 Å². The second kappa shape index (κ2) is 7.42. The van der Waals surface area contributed by atoms with Gasteiger partial charge in [-0.15, -0.1) is 0 Å². The van der Waals surface area contributed by atoms with E-state index in [-0.39, 0.29) is 34.1 Å². The van der Waals surface area contributed by atoms with Gasteiger partial charge in [0, 0.05) is 48.9 Å². The third-order valence-electron chi connectivity index (χ3n) is 5.73.